The molecule has 0 rings (SSSR count). The highest BCUT2D eigenvalue weighted by molar-refractivity contribution is 5.87. The molecule has 0 saturated carbocycles. The van der Waals surface area contributed by atoms with Crippen molar-refractivity contribution >= 4 is 5.78 Å². The van der Waals surface area contributed by atoms with Gasteiger partial charge in [-0.2, -0.15) is 0 Å². The van der Waals surface area contributed by atoms with Gasteiger partial charge in [0, 0.05) is 6.08 Å². The van der Waals surface area contributed by atoms with Crippen molar-refractivity contribution in [1.29, 1.82) is 0 Å². The van der Waals surface area contributed by atoms with Gasteiger partial charge in [-0.25, -0.2) is 0 Å². The van der Waals surface area contributed by atoms with E-state index in [4.69, 9.17) is 5.11 Å². The van der Waals surface area contributed by atoms with Gasteiger partial charge in [0.2, 0.25) is 0 Å². The van der Waals surface area contributed by atoms with Gasteiger partial charge in [0.25, 0.3) is 0 Å². The van der Waals surface area contributed by atoms with Crippen molar-refractivity contribution in [2.24, 2.45) is 0 Å². The van der Waals surface area contributed by atoms with Crippen LogP contribution in [0.1, 0.15) is 13.8 Å². The number of rotatable bonds is 1. The van der Waals surface area contributed by atoms with Crippen LogP contribution in [0.4, 0.5) is 0 Å². The Morgan fingerprint density at radius 3 is 1.88 bits per heavy atom. The third kappa shape index (κ3) is 8.95. The van der Waals surface area contributed by atoms with Crippen LogP contribution in [0.5, 0.6) is 0 Å². The predicted octanol–water partition coefficient (Wildman–Crippen LogP) is 0.213. The van der Waals surface area contributed by atoms with E-state index in [1.165, 1.54) is 19.9 Å². The van der Waals surface area contributed by atoms with Crippen molar-refractivity contribution in [1.82, 2.24) is 0 Å². The van der Waals surface area contributed by atoms with Gasteiger partial charge in [0.1, 0.15) is 0 Å². The SMILES string of the molecule is CC(=O)/C=C(/C)O.O. The highest BCUT2D eigenvalue weighted by Crippen LogP contribution is 1.82. The lowest BCUT2D eigenvalue weighted by molar-refractivity contribution is -0.112. The van der Waals surface area contributed by atoms with Crippen LogP contribution >= 0.6 is 0 Å². The van der Waals surface area contributed by atoms with E-state index in [9.17, 15) is 4.79 Å². The second kappa shape index (κ2) is 4.33. The molecule has 0 unspecified atom stereocenters. The van der Waals surface area contributed by atoms with Crippen LogP contribution < -0.4 is 0 Å². The number of carbonyl (C=O) groups is 1. The lowest BCUT2D eigenvalue weighted by Gasteiger charge is -1.80. The predicted molar refractivity (Wildman–Crippen MR) is 30.7 cm³/mol. The number of allylic oxidation sites excluding steroid dienone is 2. The van der Waals surface area contributed by atoms with Gasteiger partial charge >= 0.3 is 0 Å². The largest absolute Gasteiger partial charge is 0.512 e. The Hall–Kier alpha value is -0.830. The zero-order valence-electron chi connectivity index (χ0n) is 4.93. The van der Waals surface area contributed by atoms with E-state index in [0.717, 1.165) is 0 Å². The van der Waals surface area contributed by atoms with E-state index in [2.05, 4.69) is 0 Å². The van der Waals surface area contributed by atoms with E-state index in [1.54, 1.807) is 0 Å². The molecule has 0 radical (unpaired) electrons. The number of carbonyl (C=O) groups excluding carboxylic acids is 1. The molecule has 0 amide bonds. The first kappa shape index (κ1) is 10.2. The van der Waals surface area contributed by atoms with E-state index in [1.807, 2.05) is 0 Å². The second-order valence-electron chi connectivity index (χ2n) is 1.40. The molecule has 0 aliphatic carbocycles. The Balaban J connectivity index is 0. The molecule has 0 atom stereocenters. The number of ketones is 1. The van der Waals surface area contributed by atoms with Crippen LogP contribution in [0, 0.1) is 0 Å². The zero-order valence-corrected chi connectivity index (χ0v) is 4.93. The number of aliphatic hydroxyl groups excluding tert-OH is 1. The minimum absolute atomic E-state index is 0. The number of aliphatic hydroxyl groups is 1. The van der Waals surface area contributed by atoms with Gasteiger partial charge < -0.3 is 10.6 Å². The second-order valence-corrected chi connectivity index (χ2v) is 1.40. The Labute approximate surface area is 47.9 Å². The van der Waals surface area contributed by atoms with Crippen molar-refractivity contribution in [2.45, 2.75) is 13.8 Å². The molecule has 0 aromatic rings. The monoisotopic (exact) mass is 118 g/mol. The standard InChI is InChI=1S/C5H8O2.H2O/c1-4(6)3-5(2)7;/h3,6H,1-2H3;1H2/b4-3-;. The lowest BCUT2D eigenvalue weighted by atomic mass is 10.4. The molecule has 0 aliphatic heterocycles. The molecule has 0 aromatic heterocycles. The summed E-state index contributed by atoms with van der Waals surface area (Å²) in [4.78, 5) is 10.0. The zero-order chi connectivity index (χ0) is 5.86. The summed E-state index contributed by atoms with van der Waals surface area (Å²) in [5.41, 5.74) is 0. The van der Waals surface area contributed by atoms with Gasteiger partial charge in [0.15, 0.2) is 5.78 Å². The van der Waals surface area contributed by atoms with Crippen LogP contribution in [0.15, 0.2) is 11.8 Å². The molecular formula is C5H10O3. The maximum Gasteiger partial charge on any atom is 0.155 e. The molecule has 8 heavy (non-hydrogen) atoms. The first-order valence-corrected chi connectivity index (χ1v) is 2.01. The molecule has 0 heterocycles. The van der Waals surface area contributed by atoms with Crippen LogP contribution in [0.25, 0.3) is 0 Å². The van der Waals surface area contributed by atoms with Gasteiger partial charge in [-0.1, -0.05) is 0 Å². The smallest absolute Gasteiger partial charge is 0.155 e. The molecule has 3 N–H and O–H groups in total. The molecule has 0 spiro atoms. The van der Waals surface area contributed by atoms with Crippen molar-refractivity contribution in [3.05, 3.63) is 11.8 Å². The maximum absolute atomic E-state index is 10.0. The fourth-order valence-corrected chi connectivity index (χ4v) is 0.294. The van der Waals surface area contributed by atoms with Crippen molar-refractivity contribution in [3.8, 4) is 0 Å². The van der Waals surface area contributed by atoms with Gasteiger partial charge in [0.05, 0.1) is 5.76 Å². The molecule has 0 aliphatic rings. The summed E-state index contributed by atoms with van der Waals surface area (Å²) in [7, 11) is 0. The molecule has 0 bridgehead atoms. The molecule has 0 fully saturated rings. The summed E-state index contributed by atoms with van der Waals surface area (Å²) in [5.74, 6) is -0.0625. The average molecular weight is 118 g/mol. The first-order valence-electron chi connectivity index (χ1n) is 2.01. The molecule has 0 saturated heterocycles. The molecule has 48 valence electrons. The number of hydrogen-bond donors (Lipinski definition) is 1. The highest BCUT2D eigenvalue weighted by Gasteiger charge is 1.82. The van der Waals surface area contributed by atoms with Crippen molar-refractivity contribution in [2.75, 3.05) is 0 Å². The number of hydrogen-bond acceptors (Lipinski definition) is 2. The Morgan fingerprint density at radius 1 is 1.50 bits per heavy atom. The van der Waals surface area contributed by atoms with E-state index in [0.29, 0.717) is 0 Å². The third-order valence-corrected chi connectivity index (χ3v) is 0.412. The van der Waals surface area contributed by atoms with Crippen LogP contribution in [-0.2, 0) is 4.79 Å². The Bertz CT molecular complexity index is 100. The lowest BCUT2D eigenvalue weighted by Crippen LogP contribution is -1.82. The third-order valence-electron chi connectivity index (χ3n) is 0.412. The highest BCUT2D eigenvalue weighted by atomic mass is 16.3. The van der Waals surface area contributed by atoms with E-state index < -0.39 is 0 Å². The minimum Gasteiger partial charge on any atom is -0.512 e. The van der Waals surface area contributed by atoms with Crippen LogP contribution in [0.3, 0.4) is 0 Å². The summed E-state index contributed by atoms with van der Waals surface area (Å²) >= 11 is 0. The normalized spacial score (nSPS) is 10.0. The molecular weight excluding hydrogens is 108 g/mol. The van der Waals surface area contributed by atoms with Crippen molar-refractivity contribution < 1.29 is 15.4 Å². The quantitative estimate of drug-likeness (QED) is 0.395. The van der Waals surface area contributed by atoms with E-state index in [-0.39, 0.29) is 17.0 Å². The molecule has 3 nitrogen and oxygen atoms in total. The minimum atomic E-state index is -0.125. The summed E-state index contributed by atoms with van der Waals surface area (Å²) in [6.07, 6.45) is 1.17. The van der Waals surface area contributed by atoms with Crippen molar-refractivity contribution in [3.63, 3.8) is 0 Å². The fraction of sp³-hybridized carbons (Fsp3) is 0.400. The Morgan fingerprint density at radius 2 is 1.88 bits per heavy atom. The van der Waals surface area contributed by atoms with Crippen LogP contribution in [0.2, 0.25) is 0 Å². The molecule has 0 aromatic carbocycles. The van der Waals surface area contributed by atoms with Gasteiger partial charge in [-0.05, 0) is 13.8 Å². The molecule has 3 heteroatoms. The Kier molecular flexibility index (Phi) is 5.53. The van der Waals surface area contributed by atoms with E-state index >= 15 is 0 Å². The summed E-state index contributed by atoms with van der Waals surface area (Å²) in [6.45, 7) is 2.85. The van der Waals surface area contributed by atoms with Crippen LogP contribution in [-0.4, -0.2) is 16.4 Å². The topological polar surface area (TPSA) is 68.8 Å². The maximum atomic E-state index is 10.0. The van der Waals surface area contributed by atoms with Gasteiger partial charge in [-0.15, -0.1) is 0 Å². The summed E-state index contributed by atoms with van der Waals surface area (Å²) in [6, 6.07) is 0. The van der Waals surface area contributed by atoms with Gasteiger partial charge in [-0.3, -0.25) is 4.79 Å². The first-order chi connectivity index (χ1) is 3.13. The fourth-order valence-electron chi connectivity index (χ4n) is 0.294. The summed E-state index contributed by atoms with van der Waals surface area (Å²) < 4.78 is 0. The summed E-state index contributed by atoms with van der Waals surface area (Å²) in [5, 5.41) is 8.36. The average Bonchev–Trinajstić information content (AvgIpc) is 1.27.